The third-order valence-corrected chi connectivity index (χ3v) is 2.72. The van der Waals surface area contributed by atoms with Crippen LogP contribution in [0.3, 0.4) is 0 Å². The molecule has 2 aromatic carbocycles. The molecule has 2 nitrogen and oxygen atoms in total. The fraction of sp³-hybridized carbons (Fsp3) is 0.200. The second kappa shape index (κ2) is 5.65. The molecule has 0 aliphatic carbocycles. The molecule has 3 heteroatoms. The molecule has 0 aliphatic rings. The molecule has 2 aromatic rings. The number of ether oxygens (including phenoxy) is 1. The van der Waals surface area contributed by atoms with Gasteiger partial charge in [0.25, 0.3) is 0 Å². The highest BCUT2D eigenvalue weighted by Gasteiger charge is 2.08. The van der Waals surface area contributed by atoms with E-state index in [1.807, 2.05) is 30.3 Å². The Kier molecular flexibility index (Phi) is 3.95. The maximum Gasteiger partial charge on any atom is 0.126 e. The van der Waals surface area contributed by atoms with Gasteiger partial charge in [0.1, 0.15) is 24.3 Å². The molecule has 0 heterocycles. The van der Waals surface area contributed by atoms with E-state index in [0.29, 0.717) is 11.3 Å². The van der Waals surface area contributed by atoms with Crippen molar-refractivity contribution in [1.82, 2.24) is 0 Å². The minimum atomic E-state index is -0.684. The Labute approximate surface area is 106 Å². The minimum Gasteiger partial charge on any atom is -0.491 e. The Bertz CT molecular complexity index is 511. The summed E-state index contributed by atoms with van der Waals surface area (Å²) < 4.78 is 18.5. The van der Waals surface area contributed by atoms with Gasteiger partial charge in [0, 0.05) is 0 Å². The van der Waals surface area contributed by atoms with E-state index in [1.165, 1.54) is 6.07 Å². The lowest BCUT2D eigenvalue weighted by Crippen LogP contribution is -2.09. The van der Waals surface area contributed by atoms with Crippen LogP contribution in [0.15, 0.2) is 48.5 Å². The van der Waals surface area contributed by atoms with Gasteiger partial charge >= 0.3 is 0 Å². The van der Waals surface area contributed by atoms with Crippen LogP contribution < -0.4 is 4.74 Å². The van der Waals surface area contributed by atoms with Crippen LogP contribution in [0.2, 0.25) is 0 Å². The number of hydrogen-bond donors (Lipinski definition) is 1. The molecular weight excluding hydrogens is 231 g/mol. The molecule has 1 unspecified atom stereocenters. The second-order valence-corrected chi connectivity index (χ2v) is 4.15. The smallest absolute Gasteiger partial charge is 0.126 e. The zero-order chi connectivity index (χ0) is 13.0. The molecule has 0 spiro atoms. The summed E-state index contributed by atoms with van der Waals surface area (Å²) in [6.45, 7) is 1.82. The zero-order valence-electron chi connectivity index (χ0n) is 10.1. The lowest BCUT2D eigenvalue weighted by atomic mass is 10.1. The summed E-state index contributed by atoms with van der Waals surface area (Å²) in [5.41, 5.74) is 1.33. The van der Waals surface area contributed by atoms with Crippen molar-refractivity contribution in [3.8, 4) is 5.75 Å². The van der Waals surface area contributed by atoms with E-state index in [0.717, 1.165) is 5.56 Å². The monoisotopic (exact) mass is 246 g/mol. The van der Waals surface area contributed by atoms with Crippen molar-refractivity contribution >= 4 is 0 Å². The molecule has 1 N–H and O–H groups in total. The topological polar surface area (TPSA) is 29.5 Å². The van der Waals surface area contributed by atoms with Crippen molar-refractivity contribution in [2.24, 2.45) is 0 Å². The molecule has 2 rings (SSSR count). The van der Waals surface area contributed by atoms with Crippen LogP contribution in [0.25, 0.3) is 0 Å². The summed E-state index contributed by atoms with van der Waals surface area (Å²) in [5.74, 6) is 0.301. The first-order chi connectivity index (χ1) is 8.66. The van der Waals surface area contributed by atoms with Gasteiger partial charge in [-0.2, -0.15) is 0 Å². The van der Waals surface area contributed by atoms with E-state index >= 15 is 0 Å². The van der Waals surface area contributed by atoms with Crippen LogP contribution in [-0.4, -0.2) is 11.7 Å². The third kappa shape index (κ3) is 3.08. The van der Waals surface area contributed by atoms with Crippen molar-refractivity contribution in [2.75, 3.05) is 6.61 Å². The lowest BCUT2D eigenvalue weighted by molar-refractivity contribution is 0.108. The summed E-state index contributed by atoms with van der Waals surface area (Å²) in [4.78, 5) is 0. The van der Waals surface area contributed by atoms with E-state index in [4.69, 9.17) is 4.74 Å². The van der Waals surface area contributed by atoms with Crippen molar-refractivity contribution in [2.45, 2.75) is 13.0 Å². The molecule has 0 aromatic heterocycles. The van der Waals surface area contributed by atoms with Crippen molar-refractivity contribution in [1.29, 1.82) is 0 Å². The first-order valence-corrected chi connectivity index (χ1v) is 5.79. The predicted octanol–water partition coefficient (Wildman–Crippen LogP) is 3.25. The van der Waals surface area contributed by atoms with Crippen LogP contribution in [-0.2, 0) is 0 Å². The number of halogens is 1. The average Bonchev–Trinajstić information content (AvgIpc) is 2.41. The number of aryl methyl sites for hydroxylation is 1. The van der Waals surface area contributed by atoms with Gasteiger partial charge in [-0.1, -0.05) is 30.3 Å². The van der Waals surface area contributed by atoms with E-state index in [2.05, 4.69) is 0 Å². The Morgan fingerprint density at radius 1 is 1.17 bits per heavy atom. The molecule has 0 bridgehead atoms. The SMILES string of the molecule is Cc1cc(OCC(O)c2ccccc2)ccc1F. The Morgan fingerprint density at radius 2 is 1.89 bits per heavy atom. The number of aliphatic hydroxyl groups excluding tert-OH is 1. The average molecular weight is 246 g/mol. The van der Waals surface area contributed by atoms with Crippen LogP contribution in [0.1, 0.15) is 17.2 Å². The van der Waals surface area contributed by atoms with Crippen molar-refractivity contribution < 1.29 is 14.2 Å². The highest BCUT2D eigenvalue weighted by molar-refractivity contribution is 5.29. The van der Waals surface area contributed by atoms with Crippen molar-refractivity contribution in [3.05, 3.63) is 65.5 Å². The van der Waals surface area contributed by atoms with Gasteiger partial charge in [0.15, 0.2) is 0 Å². The molecular formula is C15H15FO2. The molecule has 0 fully saturated rings. The van der Waals surface area contributed by atoms with Crippen LogP contribution in [0.5, 0.6) is 5.75 Å². The van der Waals surface area contributed by atoms with E-state index < -0.39 is 6.10 Å². The lowest BCUT2D eigenvalue weighted by Gasteiger charge is -2.13. The summed E-state index contributed by atoms with van der Waals surface area (Å²) in [7, 11) is 0. The van der Waals surface area contributed by atoms with Crippen molar-refractivity contribution in [3.63, 3.8) is 0 Å². The third-order valence-electron chi connectivity index (χ3n) is 2.72. The number of rotatable bonds is 4. The Morgan fingerprint density at radius 3 is 2.56 bits per heavy atom. The van der Waals surface area contributed by atoms with Gasteiger partial charge in [0.05, 0.1) is 0 Å². The summed E-state index contributed by atoms with van der Waals surface area (Å²) in [6, 6.07) is 13.8. The highest BCUT2D eigenvalue weighted by Crippen LogP contribution is 2.18. The minimum absolute atomic E-state index is 0.148. The highest BCUT2D eigenvalue weighted by atomic mass is 19.1. The van der Waals surface area contributed by atoms with Gasteiger partial charge in [-0.15, -0.1) is 0 Å². The molecule has 0 saturated carbocycles. The first kappa shape index (κ1) is 12.6. The fourth-order valence-corrected chi connectivity index (χ4v) is 1.65. The molecule has 0 amide bonds. The summed E-state index contributed by atoms with van der Waals surface area (Å²) in [6.07, 6.45) is -0.684. The van der Waals surface area contributed by atoms with Gasteiger partial charge in [-0.3, -0.25) is 0 Å². The van der Waals surface area contributed by atoms with Gasteiger partial charge < -0.3 is 9.84 Å². The second-order valence-electron chi connectivity index (χ2n) is 4.15. The molecule has 0 radical (unpaired) electrons. The van der Waals surface area contributed by atoms with E-state index in [1.54, 1.807) is 19.1 Å². The zero-order valence-corrected chi connectivity index (χ0v) is 10.1. The van der Waals surface area contributed by atoms with Gasteiger partial charge in [0.2, 0.25) is 0 Å². The fourth-order valence-electron chi connectivity index (χ4n) is 1.65. The Hall–Kier alpha value is -1.87. The van der Waals surface area contributed by atoms with E-state index in [-0.39, 0.29) is 12.4 Å². The number of hydrogen-bond acceptors (Lipinski definition) is 2. The predicted molar refractivity (Wildman–Crippen MR) is 68.0 cm³/mol. The molecule has 1 atom stereocenters. The normalized spacial score (nSPS) is 12.2. The Balaban J connectivity index is 1.97. The molecule has 0 saturated heterocycles. The number of benzene rings is 2. The standard InChI is InChI=1S/C15H15FO2/c1-11-9-13(7-8-14(11)16)18-10-15(17)12-5-3-2-4-6-12/h2-9,15,17H,10H2,1H3. The van der Waals surface area contributed by atoms with Crippen LogP contribution in [0.4, 0.5) is 4.39 Å². The quantitative estimate of drug-likeness (QED) is 0.897. The van der Waals surface area contributed by atoms with Gasteiger partial charge in [-0.25, -0.2) is 4.39 Å². The molecule has 0 aliphatic heterocycles. The van der Waals surface area contributed by atoms with Crippen LogP contribution in [0, 0.1) is 12.7 Å². The van der Waals surface area contributed by atoms with Gasteiger partial charge in [-0.05, 0) is 36.2 Å². The van der Waals surface area contributed by atoms with Crippen LogP contribution >= 0.6 is 0 Å². The largest absolute Gasteiger partial charge is 0.491 e. The molecule has 94 valence electrons. The van der Waals surface area contributed by atoms with E-state index in [9.17, 15) is 9.50 Å². The summed E-state index contributed by atoms with van der Waals surface area (Å²) in [5, 5.41) is 9.91. The number of aliphatic hydroxyl groups is 1. The maximum atomic E-state index is 13.1. The summed E-state index contributed by atoms with van der Waals surface area (Å²) >= 11 is 0. The first-order valence-electron chi connectivity index (χ1n) is 5.79. The maximum absolute atomic E-state index is 13.1. The molecule has 18 heavy (non-hydrogen) atoms.